The molecule has 2 aliphatic rings. The Hall–Kier alpha value is -3.22. The minimum absolute atomic E-state index is 0.178. The SMILES string of the molecule is O=C(NCc1ccc(N2CCCC2)nc1)c1nn(-c2ccc(F)cc2)c2c1CCCC2. The van der Waals surface area contributed by atoms with E-state index in [1.165, 1.54) is 25.0 Å². The first-order chi connectivity index (χ1) is 15.2. The number of amides is 1. The molecule has 0 spiro atoms. The summed E-state index contributed by atoms with van der Waals surface area (Å²) in [5.74, 6) is 0.536. The Morgan fingerprint density at radius 1 is 1.00 bits per heavy atom. The highest BCUT2D eigenvalue weighted by atomic mass is 19.1. The molecule has 5 rings (SSSR count). The molecule has 1 fully saturated rings. The third-order valence-electron chi connectivity index (χ3n) is 6.16. The van der Waals surface area contributed by atoms with Gasteiger partial charge in [-0.1, -0.05) is 6.07 Å². The highest BCUT2D eigenvalue weighted by Crippen LogP contribution is 2.27. The van der Waals surface area contributed by atoms with Crippen LogP contribution in [0.2, 0.25) is 0 Å². The normalized spacial score (nSPS) is 15.7. The summed E-state index contributed by atoms with van der Waals surface area (Å²) >= 11 is 0. The van der Waals surface area contributed by atoms with Crippen LogP contribution in [-0.4, -0.2) is 33.8 Å². The third-order valence-corrected chi connectivity index (χ3v) is 6.16. The van der Waals surface area contributed by atoms with Gasteiger partial charge in [-0.25, -0.2) is 14.1 Å². The first kappa shape index (κ1) is 19.7. The van der Waals surface area contributed by atoms with Crippen molar-refractivity contribution in [2.24, 2.45) is 0 Å². The number of fused-ring (bicyclic) bond motifs is 1. The fraction of sp³-hybridized carbons (Fsp3) is 0.375. The molecule has 0 atom stereocenters. The number of anilines is 1. The number of nitrogens with one attached hydrogen (secondary N) is 1. The second-order valence-electron chi connectivity index (χ2n) is 8.27. The van der Waals surface area contributed by atoms with Crippen molar-refractivity contribution in [2.75, 3.05) is 18.0 Å². The van der Waals surface area contributed by atoms with E-state index in [1.54, 1.807) is 16.8 Å². The Morgan fingerprint density at radius 3 is 2.52 bits per heavy atom. The van der Waals surface area contributed by atoms with Crippen molar-refractivity contribution in [2.45, 2.75) is 45.1 Å². The molecule has 1 amide bonds. The number of nitrogens with zero attached hydrogens (tertiary/aromatic N) is 4. The molecule has 3 aromatic rings. The van der Waals surface area contributed by atoms with Gasteiger partial charge in [0.05, 0.1) is 5.69 Å². The predicted octanol–water partition coefficient (Wildman–Crippen LogP) is 3.82. The van der Waals surface area contributed by atoms with Crippen LogP contribution in [0.25, 0.3) is 5.69 Å². The number of aromatic nitrogens is 3. The van der Waals surface area contributed by atoms with E-state index in [4.69, 9.17) is 0 Å². The number of halogens is 1. The van der Waals surface area contributed by atoms with E-state index in [0.717, 1.165) is 67.1 Å². The van der Waals surface area contributed by atoms with Gasteiger partial charge in [0.2, 0.25) is 0 Å². The molecule has 1 aliphatic carbocycles. The van der Waals surface area contributed by atoms with Crippen LogP contribution >= 0.6 is 0 Å². The molecule has 1 saturated heterocycles. The van der Waals surface area contributed by atoms with E-state index in [-0.39, 0.29) is 11.7 Å². The number of rotatable bonds is 5. The molecular weight excluding hydrogens is 393 g/mol. The number of pyridine rings is 1. The van der Waals surface area contributed by atoms with Gasteiger partial charge in [0.25, 0.3) is 5.91 Å². The zero-order chi connectivity index (χ0) is 21.2. The maximum Gasteiger partial charge on any atom is 0.272 e. The summed E-state index contributed by atoms with van der Waals surface area (Å²) in [6, 6.07) is 10.3. The van der Waals surface area contributed by atoms with Crippen molar-refractivity contribution in [3.05, 3.63) is 70.9 Å². The number of carbonyl (C=O) groups is 1. The Labute approximate surface area is 181 Å². The lowest BCUT2D eigenvalue weighted by molar-refractivity contribution is 0.0944. The monoisotopic (exact) mass is 419 g/mol. The first-order valence-corrected chi connectivity index (χ1v) is 11.0. The average Bonchev–Trinajstić information content (AvgIpc) is 3.47. The topological polar surface area (TPSA) is 63.1 Å². The minimum atomic E-state index is -0.285. The Bertz CT molecular complexity index is 1070. The highest BCUT2D eigenvalue weighted by molar-refractivity contribution is 5.94. The molecule has 0 unspecified atom stereocenters. The lowest BCUT2D eigenvalue weighted by Crippen LogP contribution is -2.25. The van der Waals surface area contributed by atoms with Gasteiger partial charge in [0.1, 0.15) is 11.6 Å². The maximum absolute atomic E-state index is 13.3. The maximum atomic E-state index is 13.3. The van der Waals surface area contributed by atoms with Crippen LogP contribution in [0, 0.1) is 5.82 Å². The van der Waals surface area contributed by atoms with Gasteiger partial charge in [0.15, 0.2) is 5.69 Å². The first-order valence-electron chi connectivity index (χ1n) is 11.0. The van der Waals surface area contributed by atoms with Gasteiger partial charge in [-0.2, -0.15) is 5.10 Å². The highest BCUT2D eigenvalue weighted by Gasteiger charge is 2.25. The van der Waals surface area contributed by atoms with E-state index < -0.39 is 0 Å². The summed E-state index contributed by atoms with van der Waals surface area (Å²) in [7, 11) is 0. The molecule has 2 aromatic heterocycles. The fourth-order valence-electron chi connectivity index (χ4n) is 4.50. The molecule has 0 bridgehead atoms. The van der Waals surface area contributed by atoms with E-state index >= 15 is 0 Å². The van der Waals surface area contributed by atoms with Crippen LogP contribution in [0.3, 0.4) is 0 Å². The lowest BCUT2D eigenvalue weighted by Gasteiger charge is -2.16. The molecule has 1 aromatic carbocycles. The van der Waals surface area contributed by atoms with Crippen LogP contribution in [0.15, 0.2) is 42.6 Å². The molecule has 3 heterocycles. The summed E-state index contributed by atoms with van der Waals surface area (Å²) < 4.78 is 15.1. The molecule has 1 N–H and O–H groups in total. The summed E-state index contributed by atoms with van der Waals surface area (Å²) in [6.45, 7) is 2.53. The van der Waals surface area contributed by atoms with Crippen LogP contribution in [-0.2, 0) is 19.4 Å². The van der Waals surface area contributed by atoms with Crippen molar-refractivity contribution in [1.82, 2.24) is 20.1 Å². The zero-order valence-corrected chi connectivity index (χ0v) is 17.5. The fourth-order valence-corrected chi connectivity index (χ4v) is 4.50. The number of benzene rings is 1. The summed E-state index contributed by atoms with van der Waals surface area (Å²) in [4.78, 5) is 19.8. The molecule has 7 heteroatoms. The quantitative estimate of drug-likeness (QED) is 0.683. The lowest BCUT2D eigenvalue weighted by atomic mass is 9.95. The summed E-state index contributed by atoms with van der Waals surface area (Å²) in [5.41, 5.74) is 4.28. The van der Waals surface area contributed by atoms with E-state index in [0.29, 0.717) is 12.2 Å². The van der Waals surface area contributed by atoms with Gasteiger partial charge in [-0.3, -0.25) is 4.79 Å². The van der Waals surface area contributed by atoms with Gasteiger partial charge >= 0.3 is 0 Å². The third kappa shape index (κ3) is 4.04. The van der Waals surface area contributed by atoms with Gasteiger partial charge in [0, 0.05) is 37.1 Å². The molecule has 0 saturated carbocycles. The largest absolute Gasteiger partial charge is 0.357 e. The van der Waals surface area contributed by atoms with Crippen LogP contribution in [0.5, 0.6) is 0 Å². The number of carbonyl (C=O) groups excluding carboxylic acids is 1. The second-order valence-corrected chi connectivity index (χ2v) is 8.27. The summed E-state index contributed by atoms with van der Waals surface area (Å²) in [6.07, 6.45) is 8.09. The molecule has 31 heavy (non-hydrogen) atoms. The Balaban J connectivity index is 1.32. The minimum Gasteiger partial charge on any atom is -0.357 e. The Morgan fingerprint density at radius 2 is 1.77 bits per heavy atom. The zero-order valence-electron chi connectivity index (χ0n) is 17.5. The van der Waals surface area contributed by atoms with E-state index in [9.17, 15) is 9.18 Å². The predicted molar refractivity (Wildman–Crippen MR) is 117 cm³/mol. The van der Waals surface area contributed by atoms with Crippen molar-refractivity contribution >= 4 is 11.7 Å². The van der Waals surface area contributed by atoms with Gasteiger partial charge in [-0.15, -0.1) is 0 Å². The van der Waals surface area contributed by atoms with Crippen molar-refractivity contribution in [1.29, 1.82) is 0 Å². The standard InChI is InChI=1S/C24H26FN5O/c25-18-8-10-19(11-9-18)30-21-6-2-1-5-20(21)23(28-30)24(31)27-16-17-7-12-22(26-15-17)29-13-3-4-14-29/h7-12,15H,1-6,13-14,16H2,(H,27,31). The Kier molecular flexibility index (Phi) is 5.40. The molecule has 6 nitrogen and oxygen atoms in total. The van der Waals surface area contributed by atoms with Crippen molar-refractivity contribution in [3.8, 4) is 5.69 Å². The molecular formula is C24H26FN5O. The van der Waals surface area contributed by atoms with E-state index in [2.05, 4.69) is 20.3 Å². The van der Waals surface area contributed by atoms with Crippen LogP contribution in [0.4, 0.5) is 10.2 Å². The molecule has 160 valence electrons. The molecule has 0 radical (unpaired) electrons. The number of hydrogen-bond donors (Lipinski definition) is 1. The van der Waals surface area contributed by atoms with Crippen molar-refractivity contribution < 1.29 is 9.18 Å². The van der Waals surface area contributed by atoms with Crippen molar-refractivity contribution in [3.63, 3.8) is 0 Å². The average molecular weight is 420 g/mol. The van der Waals surface area contributed by atoms with Crippen LogP contribution in [0.1, 0.15) is 53.0 Å². The van der Waals surface area contributed by atoms with Gasteiger partial charge in [-0.05, 0) is 74.4 Å². The second kappa shape index (κ2) is 8.49. The smallest absolute Gasteiger partial charge is 0.272 e. The van der Waals surface area contributed by atoms with Crippen LogP contribution < -0.4 is 10.2 Å². The molecule has 1 aliphatic heterocycles. The van der Waals surface area contributed by atoms with E-state index in [1.807, 2.05) is 18.3 Å². The number of hydrogen-bond acceptors (Lipinski definition) is 4. The summed E-state index contributed by atoms with van der Waals surface area (Å²) in [5, 5.41) is 7.63. The van der Waals surface area contributed by atoms with Gasteiger partial charge < -0.3 is 10.2 Å².